The summed E-state index contributed by atoms with van der Waals surface area (Å²) in [6.07, 6.45) is -3.15. The Morgan fingerprint density at radius 1 is 1.33 bits per heavy atom. The number of aromatic nitrogens is 4. The molecular formula is C14H10F3N5OS. The molecule has 0 bridgehead atoms. The number of rotatable bonds is 3. The van der Waals surface area contributed by atoms with Crippen LogP contribution in [0.3, 0.4) is 0 Å². The van der Waals surface area contributed by atoms with Gasteiger partial charge < -0.3 is 0 Å². The molecule has 0 aliphatic rings. The second kappa shape index (κ2) is 6.04. The first-order valence-electron chi connectivity index (χ1n) is 6.66. The van der Waals surface area contributed by atoms with E-state index in [2.05, 4.69) is 20.6 Å². The number of anilines is 1. The Balaban J connectivity index is 1.91. The molecule has 3 rings (SSSR count). The van der Waals surface area contributed by atoms with E-state index in [4.69, 9.17) is 0 Å². The number of nitrogens with zero attached hydrogens (tertiary/aromatic N) is 4. The molecule has 10 heteroatoms. The van der Waals surface area contributed by atoms with E-state index in [1.807, 2.05) is 0 Å². The van der Waals surface area contributed by atoms with Crippen LogP contribution >= 0.6 is 11.3 Å². The molecule has 0 aliphatic carbocycles. The Bertz CT molecular complexity index is 873. The Morgan fingerprint density at radius 2 is 2.12 bits per heavy atom. The number of carbonyl (C=O) groups excluding carboxylic acids is 1. The summed E-state index contributed by atoms with van der Waals surface area (Å²) in [7, 11) is 0. The molecule has 6 nitrogen and oxygen atoms in total. The van der Waals surface area contributed by atoms with Crippen LogP contribution in [0.5, 0.6) is 0 Å². The highest BCUT2D eigenvalue weighted by Crippen LogP contribution is 2.30. The summed E-state index contributed by atoms with van der Waals surface area (Å²) in [4.78, 5) is 12.2. The lowest BCUT2D eigenvalue weighted by molar-refractivity contribution is -0.137. The average Bonchev–Trinajstić information content (AvgIpc) is 3.16. The molecule has 0 atom stereocenters. The fraction of sp³-hybridized carbons (Fsp3) is 0.143. The molecule has 24 heavy (non-hydrogen) atoms. The summed E-state index contributed by atoms with van der Waals surface area (Å²) in [5.74, 6) is -0.456. The summed E-state index contributed by atoms with van der Waals surface area (Å²) in [6.45, 7) is 1.60. The number of nitrogens with one attached hydrogen (secondary N) is 1. The smallest absolute Gasteiger partial charge is 0.296 e. The van der Waals surface area contributed by atoms with Crippen molar-refractivity contribution in [1.82, 2.24) is 20.0 Å². The second-order valence-corrected chi connectivity index (χ2v) is 5.63. The molecule has 0 aliphatic heterocycles. The first kappa shape index (κ1) is 16.1. The Labute approximate surface area is 138 Å². The zero-order valence-electron chi connectivity index (χ0n) is 12.2. The van der Waals surface area contributed by atoms with E-state index in [1.54, 1.807) is 6.92 Å². The van der Waals surface area contributed by atoms with E-state index < -0.39 is 17.6 Å². The van der Waals surface area contributed by atoms with E-state index in [1.165, 1.54) is 28.5 Å². The monoisotopic (exact) mass is 353 g/mol. The molecule has 1 aromatic carbocycles. The summed E-state index contributed by atoms with van der Waals surface area (Å²) in [6, 6.07) is 4.74. The van der Waals surface area contributed by atoms with Crippen molar-refractivity contribution in [2.75, 3.05) is 5.32 Å². The first-order valence-corrected chi connectivity index (χ1v) is 7.54. The van der Waals surface area contributed by atoms with Crippen LogP contribution in [0.2, 0.25) is 0 Å². The normalized spacial score (nSPS) is 11.5. The van der Waals surface area contributed by atoms with E-state index in [0.717, 1.165) is 23.5 Å². The highest BCUT2D eigenvalue weighted by Gasteiger charge is 2.30. The molecule has 0 radical (unpaired) electrons. The van der Waals surface area contributed by atoms with Gasteiger partial charge in [-0.3, -0.25) is 10.1 Å². The summed E-state index contributed by atoms with van der Waals surface area (Å²) in [5, 5.41) is 14.2. The van der Waals surface area contributed by atoms with Crippen molar-refractivity contribution in [1.29, 1.82) is 0 Å². The maximum Gasteiger partial charge on any atom is 0.416 e. The third-order valence-electron chi connectivity index (χ3n) is 3.25. The van der Waals surface area contributed by atoms with Gasteiger partial charge in [0.05, 0.1) is 28.7 Å². The molecule has 2 aromatic heterocycles. The number of amides is 1. The van der Waals surface area contributed by atoms with Gasteiger partial charge in [0, 0.05) is 0 Å². The van der Waals surface area contributed by atoms with Crippen LogP contribution in [0.25, 0.3) is 5.69 Å². The Kier molecular flexibility index (Phi) is 4.06. The van der Waals surface area contributed by atoms with Crippen LogP contribution in [0.1, 0.15) is 21.6 Å². The standard InChI is InChI=1S/C14H10F3N5OS/c1-8-11(12(23)20-13-21-18-7-24-13)6-19-22(8)10-4-2-3-9(5-10)14(15,16)17/h2-7H,1H3,(H,20,21,23). The van der Waals surface area contributed by atoms with Crippen molar-refractivity contribution in [2.24, 2.45) is 0 Å². The van der Waals surface area contributed by atoms with Gasteiger partial charge in [-0.2, -0.15) is 18.3 Å². The predicted octanol–water partition coefficient (Wildman–Crippen LogP) is 3.30. The van der Waals surface area contributed by atoms with Crippen LogP contribution in [-0.2, 0) is 6.18 Å². The van der Waals surface area contributed by atoms with Gasteiger partial charge in [0.2, 0.25) is 5.13 Å². The minimum atomic E-state index is -4.45. The maximum absolute atomic E-state index is 12.8. The van der Waals surface area contributed by atoms with Gasteiger partial charge >= 0.3 is 6.18 Å². The summed E-state index contributed by atoms with van der Waals surface area (Å²) in [5.41, 5.74) is 1.56. The maximum atomic E-state index is 12.8. The van der Waals surface area contributed by atoms with Gasteiger partial charge in [-0.05, 0) is 25.1 Å². The van der Waals surface area contributed by atoms with Crippen LogP contribution in [0.4, 0.5) is 18.3 Å². The van der Waals surface area contributed by atoms with Gasteiger partial charge in [-0.25, -0.2) is 4.68 Å². The highest BCUT2D eigenvalue weighted by molar-refractivity contribution is 7.13. The number of benzene rings is 1. The van der Waals surface area contributed by atoms with Crippen molar-refractivity contribution in [3.8, 4) is 5.69 Å². The fourth-order valence-corrected chi connectivity index (χ4v) is 2.54. The van der Waals surface area contributed by atoms with Crippen molar-refractivity contribution in [3.63, 3.8) is 0 Å². The third kappa shape index (κ3) is 3.13. The quantitative estimate of drug-likeness (QED) is 0.784. The molecule has 124 valence electrons. The molecule has 1 amide bonds. The van der Waals surface area contributed by atoms with E-state index >= 15 is 0 Å². The van der Waals surface area contributed by atoms with Gasteiger partial charge in [0.15, 0.2) is 0 Å². The van der Waals surface area contributed by atoms with Crippen molar-refractivity contribution < 1.29 is 18.0 Å². The highest BCUT2D eigenvalue weighted by atomic mass is 32.1. The first-order chi connectivity index (χ1) is 11.4. The van der Waals surface area contributed by atoms with Gasteiger partial charge in [-0.1, -0.05) is 17.4 Å². The van der Waals surface area contributed by atoms with Gasteiger partial charge in [0.25, 0.3) is 5.91 Å². The summed E-state index contributed by atoms with van der Waals surface area (Å²) < 4.78 is 39.8. The number of alkyl halides is 3. The molecule has 0 unspecified atom stereocenters. The van der Waals surface area contributed by atoms with Gasteiger partial charge in [0.1, 0.15) is 5.51 Å². The minimum absolute atomic E-state index is 0.220. The van der Waals surface area contributed by atoms with Gasteiger partial charge in [-0.15, -0.1) is 10.2 Å². The minimum Gasteiger partial charge on any atom is -0.296 e. The SMILES string of the molecule is Cc1c(C(=O)Nc2nncs2)cnn1-c1cccc(C(F)(F)F)c1. The largest absolute Gasteiger partial charge is 0.416 e. The third-order valence-corrected chi connectivity index (χ3v) is 3.86. The molecular weight excluding hydrogens is 343 g/mol. The zero-order valence-corrected chi connectivity index (χ0v) is 13.0. The predicted molar refractivity (Wildman–Crippen MR) is 81.2 cm³/mol. The number of hydrogen-bond acceptors (Lipinski definition) is 5. The van der Waals surface area contributed by atoms with Crippen LogP contribution < -0.4 is 5.32 Å². The van der Waals surface area contributed by atoms with Crippen molar-refractivity contribution >= 4 is 22.4 Å². The lowest BCUT2D eigenvalue weighted by Gasteiger charge is -2.10. The van der Waals surface area contributed by atoms with Crippen LogP contribution in [-0.4, -0.2) is 25.9 Å². The number of halogens is 3. The summed E-state index contributed by atoms with van der Waals surface area (Å²) >= 11 is 1.15. The van der Waals surface area contributed by atoms with Crippen molar-refractivity contribution in [2.45, 2.75) is 13.1 Å². The topological polar surface area (TPSA) is 72.7 Å². The van der Waals surface area contributed by atoms with E-state index in [0.29, 0.717) is 10.8 Å². The Hall–Kier alpha value is -2.75. The van der Waals surface area contributed by atoms with Crippen LogP contribution in [0.15, 0.2) is 36.0 Å². The number of hydrogen-bond donors (Lipinski definition) is 1. The van der Waals surface area contributed by atoms with E-state index in [9.17, 15) is 18.0 Å². The lowest BCUT2D eigenvalue weighted by atomic mass is 10.2. The molecule has 0 saturated carbocycles. The van der Waals surface area contributed by atoms with Crippen LogP contribution in [0, 0.1) is 6.92 Å². The lowest BCUT2D eigenvalue weighted by Crippen LogP contribution is -2.13. The number of carbonyl (C=O) groups is 1. The molecule has 2 heterocycles. The molecule has 0 saturated heterocycles. The Morgan fingerprint density at radius 3 is 2.79 bits per heavy atom. The molecule has 0 spiro atoms. The molecule has 3 aromatic rings. The van der Waals surface area contributed by atoms with E-state index in [-0.39, 0.29) is 11.3 Å². The molecule has 0 fully saturated rings. The van der Waals surface area contributed by atoms with Crippen molar-refractivity contribution in [3.05, 3.63) is 52.8 Å². The zero-order chi connectivity index (χ0) is 17.3. The average molecular weight is 353 g/mol. The fourth-order valence-electron chi connectivity index (χ4n) is 2.10. The molecule has 1 N–H and O–H groups in total. The second-order valence-electron chi connectivity index (χ2n) is 4.80.